The second kappa shape index (κ2) is 14.0. The smallest absolute Gasteiger partial charge is 0.227 e. The van der Waals surface area contributed by atoms with Gasteiger partial charge in [0.15, 0.2) is 5.58 Å². The number of aromatic nitrogens is 4. The molecule has 6 heteroatoms. The van der Waals surface area contributed by atoms with Gasteiger partial charge < -0.3 is 9.32 Å². The SMILES string of the molecule is c1ccc(-c2nc(-c3ccc(N(c4ccc(-c5nc6ccccc6o5)cc4)c4ccc5cc(-c6ccc7ccccc7c6)cnc5c4)cc3)cc3cccnc23)cc1. The van der Waals surface area contributed by atoms with Crippen LogP contribution in [-0.4, -0.2) is 19.9 Å². The number of hydrogen-bond donors (Lipinski definition) is 0. The van der Waals surface area contributed by atoms with E-state index in [1.165, 1.54) is 10.8 Å². The van der Waals surface area contributed by atoms with Crippen molar-refractivity contribution in [2.75, 3.05) is 4.90 Å². The van der Waals surface area contributed by atoms with Crippen LogP contribution < -0.4 is 4.90 Å². The maximum atomic E-state index is 6.11. The van der Waals surface area contributed by atoms with Crippen LogP contribution in [0.1, 0.15) is 0 Å². The summed E-state index contributed by atoms with van der Waals surface area (Å²) in [7, 11) is 0. The third-order valence-electron chi connectivity index (χ3n) is 10.7. The minimum atomic E-state index is 0.591. The van der Waals surface area contributed by atoms with E-state index in [-0.39, 0.29) is 0 Å². The summed E-state index contributed by atoms with van der Waals surface area (Å²) in [4.78, 5) is 21.9. The number of oxazole rings is 1. The highest BCUT2D eigenvalue weighted by atomic mass is 16.3. The van der Waals surface area contributed by atoms with Crippen LogP contribution in [0.25, 0.3) is 88.8 Å². The summed E-state index contributed by atoms with van der Waals surface area (Å²) in [6.45, 7) is 0. The van der Waals surface area contributed by atoms with E-state index in [0.717, 1.165) is 89.2 Å². The third-order valence-corrected chi connectivity index (χ3v) is 10.7. The molecule has 11 rings (SSSR count). The molecule has 0 saturated carbocycles. The number of fused-ring (bicyclic) bond motifs is 4. The second-order valence-corrected chi connectivity index (χ2v) is 14.4. The molecule has 0 atom stereocenters. The Morgan fingerprint density at radius 1 is 0.397 bits per heavy atom. The highest BCUT2D eigenvalue weighted by molar-refractivity contribution is 5.95. The quantitative estimate of drug-likeness (QED) is 0.162. The lowest BCUT2D eigenvalue weighted by Gasteiger charge is -2.26. The number of hydrogen-bond acceptors (Lipinski definition) is 6. The zero-order chi connectivity index (χ0) is 38.4. The molecule has 4 aromatic heterocycles. The molecule has 0 spiro atoms. The fourth-order valence-corrected chi connectivity index (χ4v) is 7.78. The van der Waals surface area contributed by atoms with Gasteiger partial charge in [-0.15, -0.1) is 0 Å². The maximum Gasteiger partial charge on any atom is 0.227 e. The van der Waals surface area contributed by atoms with Crippen LogP contribution in [0.2, 0.25) is 0 Å². The zero-order valence-electron chi connectivity index (χ0n) is 31.2. The van der Waals surface area contributed by atoms with E-state index in [2.05, 4.69) is 144 Å². The number of rotatable bonds is 7. The van der Waals surface area contributed by atoms with Crippen LogP contribution >= 0.6 is 0 Å². The first-order valence-corrected chi connectivity index (χ1v) is 19.3. The zero-order valence-corrected chi connectivity index (χ0v) is 31.2. The van der Waals surface area contributed by atoms with Crippen molar-refractivity contribution in [2.24, 2.45) is 0 Å². The Hall–Kier alpha value is -7.96. The van der Waals surface area contributed by atoms with Gasteiger partial charge in [-0.25, -0.2) is 9.97 Å². The van der Waals surface area contributed by atoms with Crippen LogP contribution in [0.4, 0.5) is 17.1 Å². The Balaban J connectivity index is 0.988. The lowest BCUT2D eigenvalue weighted by Crippen LogP contribution is -2.10. The molecular weight excluding hydrogens is 711 g/mol. The van der Waals surface area contributed by atoms with Crippen molar-refractivity contribution in [1.29, 1.82) is 0 Å². The molecule has 0 aliphatic carbocycles. The van der Waals surface area contributed by atoms with E-state index >= 15 is 0 Å². The Morgan fingerprint density at radius 3 is 1.90 bits per heavy atom. The average molecular weight is 744 g/mol. The molecule has 11 aromatic rings. The van der Waals surface area contributed by atoms with Gasteiger partial charge in [-0.1, -0.05) is 103 Å². The fraction of sp³-hybridized carbons (Fsp3) is 0. The first-order chi connectivity index (χ1) is 28.7. The van der Waals surface area contributed by atoms with Gasteiger partial charge in [0, 0.05) is 62.5 Å². The van der Waals surface area contributed by atoms with E-state index in [1.54, 1.807) is 0 Å². The lowest BCUT2D eigenvalue weighted by molar-refractivity contribution is 0.620. The molecule has 0 bridgehead atoms. The molecule has 6 nitrogen and oxygen atoms in total. The van der Waals surface area contributed by atoms with Gasteiger partial charge in [-0.05, 0) is 101 Å². The van der Waals surface area contributed by atoms with E-state index in [1.807, 2.05) is 60.9 Å². The predicted molar refractivity (Wildman–Crippen MR) is 236 cm³/mol. The first-order valence-electron chi connectivity index (χ1n) is 19.3. The fourth-order valence-electron chi connectivity index (χ4n) is 7.78. The Bertz CT molecular complexity index is 3250. The molecule has 58 heavy (non-hydrogen) atoms. The molecule has 7 aromatic carbocycles. The van der Waals surface area contributed by atoms with Crippen molar-refractivity contribution in [3.05, 3.63) is 200 Å². The Kier molecular flexibility index (Phi) is 8.04. The van der Waals surface area contributed by atoms with Crippen molar-refractivity contribution in [2.45, 2.75) is 0 Å². The Morgan fingerprint density at radius 2 is 1.07 bits per heavy atom. The van der Waals surface area contributed by atoms with E-state index in [9.17, 15) is 0 Å². The van der Waals surface area contributed by atoms with Gasteiger partial charge in [0.05, 0.1) is 22.4 Å². The number of para-hydroxylation sites is 2. The topological polar surface area (TPSA) is 67.9 Å². The molecule has 4 heterocycles. The van der Waals surface area contributed by atoms with E-state index in [0.29, 0.717) is 5.89 Å². The van der Waals surface area contributed by atoms with Crippen molar-refractivity contribution in [3.63, 3.8) is 0 Å². The number of pyridine rings is 3. The summed E-state index contributed by atoms with van der Waals surface area (Å²) in [6, 6.07) is 65.0. The standard InChI is InChI=1S/C52H33N5O/c1-2-10-36(11-3-1)51-50-41(13-8-28-53-50)31-48(55-51)35-18-23-43(24-19-35)57(44-25-20-37(21-26-44)52-56-46-14-6-7-15-49(46)58-52)45-27-22-40-30-42(33-54-47(40)32-45)39-17-16-34-9-4-5-12-38(34)29-39/h1-33H. The normalized spacial score (nSPS) is 11.4. The third kappa shape index (κ3) is 6.10. The second-order valence-electron chi connectivity index (χ2n) is 14.4. The molecule has 0 N–H and O–H groups in total. The van der Waals surface area contributed by atoms with Crippen molar-refractivity contribution in [3.8, 4) is 45.1 Å². The molecule has 0 aliphatic rings. The highest BCUT2D eigenvalue weighted by Gasteiger charge is 2.17. The van der Waals surface area contributed by atoms with Gasteiger partial charge in [0.25, 0.3) is 0 Å². The predicted octanol–water partition coefficient (Wildman–Crippen LogP) is 13.6. The summed E-state index contributed by atoms with van der Waals surface area (Å²) in [6.07, 6.45) is 3.80. The van der Waals surface area contributed by atoms with Crippen molar-refractivity contribution in [1.82, 2.24) is 19.9 Å². The van der Waals surface area contributed by atoms with Crippen LogP contribution in [0, 0.1) is 0 Å². The van der Waals surface area contributed by atoms with Gasteiger partial charge in [-0.2, -0.15) is 0 Å². The Labute approximate surface area is 334 Å². The summed E-state index contributed by atoms with van der Waals surface area (Å²) < 4.78 is 6.11. The van der Waals surface area contributed by atoms with Crippen LogP contribution in [0.5, 0.6) is 0 Å². The molecule has 0 fully saturated rings. The minimum absolute atomic E-state index is 0.591. The summed E-state index contributed by atoms with van der Waals surface area (Å²) in [5.74, 6) is 0.591. The van der Waals surface area contributed by atoms with Crippen LogP contribution in [0.15, 0.2) is 205 Å². The van der Waals surface area contributed by atoms with Crippen molar-refractivity contribution >= 4 is 60.7 Å². The van der Waals surface area contributed by atoms with Gasteiger partial charge in [0.1, 0.15) is 5.52 Å². The lowest BCUT2D eigenvalue weighted by atomic mass is 10.0. The highest BCUT2D eigenvalue weighted by Crippen LogP contribution is 2.39. The van der Waals surface area contributed by atoms with E-state index in [4.69, 9.17) is 24.4 Å². The molecule has 0 unspecified atom stereocenters. The summed E-state index contributed by atoms with van der Waals surface area (Å²) >= 11 is 0. The average Bonchev–Trinajstić information content (AvgIpc) is 3.74. The van der Waals surface area contributed by atoms with Crippen LogP contribution in [-0.2, 0) is 0 Å². The first kappa shape index (κ1) is 33.4. The van der Waals surface area contributed by atoms with Gasteiger partial charge in [0.2, 0.25) is 5.89 Å². The molecular formula is C52H33N5O. The van der Waals surface area contributed by atoms with Gasteiger partial charge in [-0.3, -0.25) is 9.97 Å². The van der Waals surface area contributed by atoms with E-state index < -0.39 is 0 Å². The summed E-state index contributed by atoms with van der Waals surface area (Å²) in [5, 5.41) is 4.55. The molecule has 0 saturated heterocycles. The monoisotopic (exact) mass is 743 g/mol. The van der Waals surface area contributed by atoms with Crippen molar-refractivity contribution < 1.29 is 4.42 Å². The molecule has 272 valence electrons. The summed E-state index contributed by atoms with van der Waals surface area (Å²) in [5.41, 5.74) is 13.3. The number of nitrogens with zero attached hydrogens (tertiary/aromatic N) is 5. The van der Waals surface area contributed by atoms with Gasteiger partial charge >= 0.3 is 0 Å². The molecule has 0 aliphatic heterocycles. The largest absolute Gasteiger partial charge is 0.436 e. The number of benzene rings is 7. The number of anilines is 3. The van der Waals surface area contributed by atoms with Crippen LogP contribution in [0.3, 0.4) is 0 Å². The maximum absolute atomic E-state index is 6.11. The molecule has 0 radical (unpaired) electrons. The molecule has 0 amide bonds. The minimum Gasteiger partial charge on any atom is -0.436 e.